The molecule has 0 radical (unpaired) electrons. The predicted molar refractivity (Wildman–Crippen MR) is 74.3 cm³/mol. The van der Waals surface area contributed by atoms with E-state index in [0.717, 1.165) is 5.82 Å². The zero-order valence-corrected chi connectivity index (χ0v) is 12.1. The molecule has 0 atom stereocenters. The molecule has 110 valence electrons. The van der Waals surface area contributed by atoms with Crippen LogP contribution in [0.5, 0.6) is 5.88 Å². The van der Waals surface area contributed by atoms with Crippen molar-refractivity contribution >= 4 is 22.8 Å². The van der Waals surface area contributed by atoms with Crippen molar-refractivity contribution in [3.05, 3.63) is 24.4 Å². The van der Waals surface area contributed by atoms with Crippen LogP contribution >= 0.6 is 11.6 Å². The number of hydrogen-bond donors (Lipinski definition) is 0. The number of hydrogen-bond acceptors (Lipinski definition) is 7. The molecule has 0 aliphatic rings. The quantitative estimate of drug-likeness (QED) is 0.633. The number of ether oxygens (including phenoxy) is 1. The maximum Gasteiger partial charge on any atom is 0.245 e. The summed E-state index contributed by atoms with van der Waals surface area (Å²) in [4.78, 5) is 16.9. The number of aromatic nitrogens is 6. The normalized spacial score (nSPS) is 11.1. The van der Waals surface area contributed by atoms with Gasteiger partial charge in [-0.05, 0) is 0 Å². The van der Waals surface area contributed by atoms with Gasteiger partial charge in [0.1, 0.15) is 12.2 Å². The second-order valence-corrected chi connectivity index (χ2v) is 4.64. The summed E-state index contributed by atoms with van der Waals surface area (Å²) in [6.45, 7) is 0.616. The first-order chi connectivity index (χ1) is 10.3. The molecule has 21 heavy (non-hydrogen) atoms. The van der Waals surface area contributed by atoms with E-state index >= 15 is 0 Å². The number of fused-ring (bicyclic) bond motifs is 1. The van der Waals surface area contributed by atoms with Gasteiger partial charge in [-0.2, -0.15) is 9.97 Å². The molecular weight excluding hydrogens is 296 g/mol. The average molecular weight is 309 g/mol. The number of nitrogens with zero attached hydrogens (tertiary/aromatic N) is 6. The molecule has 0 fully saturated rings. The Morgan fingerprint density at radius 1 is 1.24 bits per heavy atom. The Morgan fingerprint density at radius 3 is 2.86 bits per heavy atom. The molecule has 0 N–H and O–H groups in total. The lowest BCUT2D eigenvalue weighted by Gasteiger charge is -2.05. The maximum absolute atomic E-state index is 5.85. The minimum atomic E-state index is 0.451. The van der Waals surface area contributed by atoms with E-state index in [-0.39, 0.29) is 0 Å². The highest BCUT2D eigenvalue weighted by atomic mass is 35.5. The molecule has 3 heterocycles. The first-order valence-corrected chi connectivity index (χ1v) is 6.92. The second-order valence-electron chi connectivity index (χ2n) is 4.26. The van der Waals surface area contributed by atoms with Gasteiger partial charge in [-0.1, -0.05) is 5.16 Å². The Labute approximate surface area is 125 Å². The highest BCUT2D eigenvalue weighted by molar-refractivity contribution is 6.17. The van der Waals surface area contributed by atoms with Crippen LogP contribution in [0.2, 0.25) is 0 Å². The summed E-state index contributed by atoms with van der Waals surface area (Å²) in [6, 6.07) is 0. The van der Waals surface area contributed by atoms with Crippen LogP contribution in [0.25, 0.3) is 11.2 Å². The Hall–Kier alpha value is -2.22. The van der Waals surface area contributed by atoms with E-state index in [0.29, 0.717) is 48.2 Å². The Bertz CT molecular complexity index is 727. The summed E-state index contributed by atoms with van der Waals surface area (Å²) in [6.07, 6.45) is 4.06. The van der Waals surface area contributed by atoms with Crippen LogP contribution in [0.3, 0.4) is 0 Å². The van der Waals surface area contributed by atoms with E-state index in [4.69, 9.17) is 20.9 Å². The molecule has 8 nitrogen and oxygen atoms in total. The Kier molecular flexibility index (Phi) is 3.96. The molecule has 0 spiro atoms. The van der Waals surface area contributed by atoms with Crippen molar-refractivity contribution in [3.63, 3.8) is 0 Å². The Morgan fingerprint density at radius 2 is 2.14 bits per heavy atom. The summed E-state index contributed by atoms with van der Waals surface area (Å²) in [5.41, 5.74) is 1.34. The molecule has 0 aliphatic heterocycles. The number of halogens is 1. The molecular formula is C12H13ClN6O2. The summed E-state index contributed by atoms with van der Waals surface area (Å²) in [5, 5.41) is 3.59. The fourth-order valence-electron chi connectivity index (χ4n) is 2.13. The van der Waals surface area contributed by atoms with Crippen molar-refractivity contribution in [1.29, 1.82) is 0 Å². The molecule has 0 aliphatic carbocycles. The second kappa shape index (κ2) is 6.04. The van der Waals surface area contributed by atoms with Crippen LogP contribution in [0.4, 0.5) is 0 Å². The molecule has 0 unspecified atom stereocenters. The highest BCUT2D eigenvalue weighted by Crippen LogP contribution is 2.22. The van der Waals surface area contributed by atoms with Gasteiger partial charge >= 0.3 is 0 Å². The standard InChI is InChI=1S/C12H13ClN6O2/c1-20-12-10-11(15-6-16-12)19(8(18-10)2-4-13)5-3-9-14-7-17-21-9/h6-7H,2-5H2,1H3. The number of alkyl halides is 1. The first kappa shape index (κ1) is 13.7. The van der Waals surface area contributed by atoms with Gasteiger partial charge in [-0.15, -0.1) is 11.6 Å². The van der Waals surface area contributed by atoms with Gasteiger partial charge in [0.15, 0.2) is 17.5 Å². The summed E-state index contributed by atoms with van der Waals surface area (Å²) < 4.78 is 12.2. The molecule has 0 saturated carbocycles. The monoisotopic (exact) mass is 308 g/mol. The van der Waals surface area contributed by atoms with Crippen molar-refractivity contribution in [2.75, 3.05) is 13.0 Å². The Balaban J connectivity index is 1.99. The third-order valence-corrected chi connectivity index (χ3v) is 3.23. The van der Waals surface area contributed by atoms with E-state index in [1.807, 2.05) is 4.57 Å². The molecule has 0 amide bonds. The first-order valence-electron chi connectivity index (χ1n) is 6.39. The highest BCUT2D eigenvalue weighted by Gasteiger charge is 2.16. The largest absolute Gasteiger partial charge is 0.479 e. The number of rotatable bonds is 6. The van der Waals surface area contributed by atoms with Gasteiger partial charge in [-0.3, -0.25) is 0 Å². The number of methoxy groups -OCH3 is 1. The smallest absolute Gasteiger partial charge is 0.245 e. The third-order valence-electron chi connectivity index (χ3n) is 3.05. The van der Waals surface area contributed by atoms with Crippen molar-refractivity contribution in [3.8, 4) is 5.88 Å². The van der Waals surface area contributed by atoms with Crippen LogP contribution in [-0.4, -0.2) is 42.6 Å². The van der Waals surface area contributed by atoms with Crippen molar-refractivity contribution in [1.82, 2.24) is 29.7 Å². The van der Waals surface area contributed by atoms with Crippen LogP contribution in [0, 0.1) is 0 Å². The molecule has 0 aromatic carbocycles. The number of aryl methyl sites for hydroxylation is 3. The van der Waals surface area contributed by atoms with E-state index in [1.54, 1.807) is 7.11 Å². The summed E-state index contributed by atoms with van der Waals surface area (Å²) in [7, 11) is 1.56. The fourth-order valence-corrected chi connectivity index (χ4v) is 2.30. The van der Waals surface area contributed by atoms with Crippen molar-refractivity contribution < 1.29 is 9.26 Å². The van der Waals surface area contributed by atoms with Crippen LogP contribution in [-0.2, 0) is 19.4 Å². The molecule has 3 aromatic heterocycles. The molecule has 3 aromatic rings. The van der Waals surface area contributed by atoms with Gasteiger partial charge in [0.05, 0.1) is 7.11 Å². The zero-order valence-electron chi connectivity index (χ0n) is 11.4. The van der Waals surface area contributed by atoms with Crippen molar-refractivity contribution in [2.24, 2.45) is 0 Å². The van der Waals surface area contributed by atoms with Gasteiger partial charge in [0, 0.05) is 25.3 Å². The molecule has 9 heteroatoms. The maximum atomic E-state index is 5.85. The van der Waals surface area contributed by atoms with Gasteiger partial charge in [0.2, 0.25) is 11.8 Å². The molecule has 3 rings (SSSR count). The SMILES string of the molecule is COc1ncnc2c1nc(CCCl)n2CCc1ncno1. The fraction of sp³-hybridized carbons (Fsp3) is 0.417. The third kappa shape index (κ3) is 2.66. The molecule has 0 bridgehead atoms. The number of imidazole rings is 1. The lowest BCUT2D eigenvalue weighted by molar-refractivity contribution is 0.370. The van der Waals surface area contributed by atoms with Gasteiger partial charge in [-0.25, -0.2) is 9.97 Å². The zero-order chi connectivity index (χ0) is 14.7. The minimum Gasteiger partial charge on any atom is -0.479 e. The van der Waals surface area contributed by atoms with E-state index in [1.165, 1.54) is 12.7 Å². The van der Waals surface area contributed by atoms with Gasteiger partial charge in [0.25, 0.3) is 0 Å². The van der Waals surface area contributed by atoms with E-state index in [9.17, 15) is 0 Å². The summed E-state index contributed by atoms with van der Waals surface area (Å²) in [5.74, 6) is 2.32. The average Bonchev–Trinajstić information content (AvgIpc) is 3.12. The minimum absolute atomic E-state index is 0.451. The van der Waals surface area contributed by atoms with Crippen molar-refractivity contribution in [2.45, 2.75) is 19.4 Å². The van der Waals surface area contributed by atoms with Crippen LogP contribution in [0.1, 0.15) is 11.7 Å². The van der Waals surface area contributed by atoms with Crippen LogP contribution < -0.4 is 4.74 Å². The summed E-state index contributed by atoms with van der Waals surface area (Å²) >= 11 is 5.85. The van der Waals surface area contributed by atoms with E-state index < -0.39 is 0 Å². The van der Waals surface area contributed by atoms with Crippen LogP contribution in [0.15, 0.2) is 17.2 Å². The van der Waals surface area contributed by atoms with Gasteiger partial charge < -0.3 is 13.8 Å². The van der Waals surface area contributed by atoms with E-state index in [2.05, 4.69) is 25.1 Å². The topological polar surface area (TPSA) is 91.8 Å². The predicted octanol–water partition coefficient (Wildman–Crippen LogP) is 1.24. The lowest BCUT2D eigenvalue weighted by Crippen LogP contribution is -2.08. The lowest BCUT2D eigenvalue weighted by atomic mass is 10.4. The molecule has 0 saturated heterocycles.